The molecule has 2 aromatic rings. The van der Waals surface area contributed by atoms with Crippen LogP contribution in [0.3, 0.4) is 0 Å². The highest BCUT2D eigenvalue weighted by molar-refractivity contribution is 6.33. The van der Waals surface area contributed by atoms with E-state index in [2.05, 4.69) is 20.6 Å². The molecule has 0 atom stereocenters. The number of carbonyl (C=O) groups excluding carboxylic acids is 2. The fraction of sp³-hybridized carbons (Fsp3) is 0.118. The van der Waals surface area contributed by atoms with Crippen LogP contribution in [0, 0.1) is 11.6 Å². The molecule has 10 heteroatoms. The lowest BCUT2D eigenvalue weighted by Gasteiger charge is -2.08. The van der Waals surface area contributed by atoms with Crippen molar-refractivity contribution in [3.63, 3.8) is 0 Å². The number of hydrogen-bond acceptors (Lipinski definition) is 5. The molecule has 0 heterocycles. The number of nitrogens with zero attached hydrogens (tertiary/aromatic N) is 1. The number of anilines is 2. The highest BCUT2D eigenvalue weighted by atomic mass is 35.5. The zero-order valence-corrected chi connectivity index (χ0v) is 14.7. The second-order valence-electron chi connectivity index (χ2n) is 5.02. The van der Waals surface area contributed by atoms with Crippen LogP contribution in [0.25, 0.3) is 0 Å². The van der Waals surface area contributed by atoms with Gasteiger partial charge < -0.3 is 20.2 Å². The Morgan fingerprint density at radius 2 is 1.93 bits per heavy atom. The molecule has 0 unspecified atom stereocenters. The van der Waals surface area contributed by atoms with E-state index < -0.39 is 30.1 Å². The molecule has 0 aromatic heterocycles. The molecule has 0 radical (unpaired) electrons. The van der Waals surface area contributed by atoms with Gasteiger partial charge in [-0.1, -0.05) is 16.8 Å². The summed E-state index contributed by atoms with van der Waals surface area (Å²) in [6.07, 6.45) is 0.811. The zero-order valence-electron chi connectivity index (χ0n) is 14.0. The minimum atomic E-state index is -1.10. The molecule has 2 N–H and O–H groups in total. The first kappa shape index (κ1) is 20.1. The molecule has 7 nitrogen and oxygen atoms in total. The normalized spacial score (nSPS) is 10.5. The SMILES string of the molecule is COc1ccc(Cl)cc1NC(=O)/C=N\OCC(=O)Nc1ccc(F)c(F)c1. The van der Waals surface area contributed by atoms with Crippen LogP contribution in [0.1, 0.15) is 0 Å². The third-order valence-corrected chi connectivity index (χ3v) is 3.30. The third kappa shape index (κ3) is 6.23. The minimum Gasteiger partial charge on any atom is -0.495 e. The Morgan fingerprint density at radius 1 is 1.15 bits per heavy atom. The minimum absolute atomic E-state index is 0.0530. The van der Waals surface area contributed by atoms with Crippen LogP contribution in [-0.2, 0) is 14.4 Å². The van der Waals surface area contributed by atoms with Gasteiger partial charge in [-0.25, -0.2) is 8.78 Å². The number of rotatable bonds is 7. The maximum Gasteiger partial charge on any atom is 0.270 e. The highest BCUT2D eigenvalue weighted by Gasteiger charge is 2.08. The van der Waals surface area contributed by atoms with Gasteiger partial charge in [-0.2, -0.15) is 0 Å². The Balaban J connectivity index is 1.81. The molecule has 0 spiro atoms. The van der Waals surface area contributed by atoms with Crippen molar-refractivity contribution in [1.29, 1.82) is 0 Å². The lowest BCUT2D eigenvalue weighted by molar-refractivity contribution is -0.120. The fourth-order valence-corrected chi connectivity index (χ4v) is 2.07. The summed E-state index contributed by atoms with van der Waals surface area (Å²) in [5.74, 6) is -3.05. The van der Waals surface area contributed by atoms with Gasteiger partial charge >= 0.3 is 0 Å². The molecule has 0 saturated carbocycles. The molecule has 0 aliphatic rings. The lowest BCUT2D eigenvalue weighted by Crippen LogP contribution is -2.18. The molecule has 142 valence electrons. The number of ether oxygens (including phenoxy) is 1. The first-order valence-electron chi connectivity index (χ1n) is 7.44. The van der Waals surface area contributed by atoms with Crippen LogP contribution in [-0.4, -0.2) is 31.7 Å². The van der Waals surface area contributed by atoms with Gasteiger partial charge in [0.1, 0.15) is 12.0 Å². The molecule has 0 saturated heterocycles. The number of amides is 2. The molecular weight excluding hydrogens is 384 g/mol. The summed E-state index contributed by atoms with van der Waals surface area (Å²) in [5.41, 5.74) is 0.384. The summed E-state index contributed by atoms with van der Waals surface area (Å²) in [6.45, 7) is -0.538. The molecule has 0 bridgehead atoms. The molecule has 0 fully saturated rings. The van der Waals surface area contributed by atoms with Gasteiger partial charge in [0.25, 0.3) is 11.8 Å². The Labute approximate surface area is 157 Å². The number of nitrogens with one attached hydrogen (secondary N) is 2. The van der Waals surface area contributed by atoms with Gasteiger partial charge in [0.2, 0.25) is 0 Å². The summed E-state index contributed by atoms with van der Waals surface area (Å²) in [6, 6.07) is 7.54. The van der Waals surface area contributed by atoms with E-state index in [9.17, 15) is 18.4 Å². The molecule has 27 heavy (non-hydrogen) atoms. The Bertz CT molecular complexity index is 877. The summed E-state index contributed by atoms with van der Waals surface area (Å²) < 4.78 is 30.9. The van der Waals surface area contributed by atoms with Crippen molar-refractivity contribution < 1.29 is 27.9 Å². The van der Waals surface area contributed by atoms with E-state index in [0.29, 0.717) is 16.5 Å². The molecule has 0 aliphatic heterocycles. The van der Waals surface area contributed by atoms with Crippen molar-refractivity contribution in [2.24, 2.45) is 5.16 Å². The Morgan fingerprint density at radius 3 is 2.63 bits per heavy atom. The molecule has 0 aliphatic carbocycles. The fourth-order valence-electron chi connectivity index (χ4n) is 1.89. The summed E-state index contributed by atoms with van der Waals surface area (Å²) in [5, 5.41) is 8.52. The van der Waals surface area contributed by atoms with Crippen LogP contribution in [0.5, 0.6) is 5.75 Å². The quantitative estimate of drug-likeness (QED) is 0.554. The van der Waals surface area contributed by atoms with Gasteiger partial charge in [0.15, 0.2) is 18.2 Å². The number of methoxy groups -OCH3 is 1. The van der Waals surface area contributed by atoms with Gasteiger partial charge in [-0.15, -0.1) is 0 Å². The smallest absolute Gasteiger partial charge is 0.270 e. The van der Waals surface area contributed by atoms with Gasteiger partial charge in [0.05, 0.1) is 12.8 Å². The zero-order chi connectivity index (χ0) is 19.8. The van der Waals surface area contributed by atoms with E-state index in [1.807, 2.05) is 0 Å². The van der Waals surface area contributed by atoms with E-state index >= 15 is 0 Å². The molecule has 2 rings (SSSR count). The number of oxime groups is 1. The number of hydrogen-bond donors (Lipinski definition) is 2. The summed E-state index contributed by atoms with van der Waals surface area (Å²) in [4.78, 5) is 28.1. The topological polar surface area (TPSA) is 89.0 Å². The number of halogens is 3. The van der Waals surface area contributed by atoms with Gasteiger partial charge in [-0.3, -0.25) is 9.59 Å². The van der Waals surface area contributed by atoms with E-state index in [1.165, 1.54) is 19.2 Å². The lowest BCUT2D eigenvalue weighted by atomic mass is 10.3. The van der Waals surface area contributed by atoms with Crippen LogP contribution in [0.2, 0.25) is 5.02 Å². The van der Waals surface area contributed by atoms with E-state index in [0.717, 1.165) is 18.3 Å². The summed E-state index contributed by atoms with van der Waals surface area (Å²) >= 11 is 5.85. The Hall–Kier alpha value is -3.20. The number of carbonyl (C=O) groups is 2. The molecular formula is C17H14ClF2N3O4. The van der Waals surface area contributed by atoms with Crippen molar-refractivity contribution in [2.45, 2.75) is 0 Å². The second kappa shape index (κ2) is 9.48. The average Bonchev–Trinajstić information content (AvgIpc) is 2.62. The predicted octanol–water partition coefficient (Wildman–Crippen LogP) is 3.21. The van der Waals surface area contributed by atoms with Crippen LogP contribution >= 0.6 is 11.6 Å². The third-order valence-electron chi connectivity index (χ3n) is 3.06. The maximum absolute atomic E-state index is 13.0. The predicted molar refractivity (Wildman–Crippen MR) is 96.1 cm³/mol. The monoisotopic (exact) mass is 397 g/mol. The van der Waals surface area contributed by atoms with Crippen molar-refractivity contribution >= 4 is 41.0 Å². The van der Waals surface area contributed by atoms with E-state index in [-0.39, 0.29) is 5.69 Å². The first-order chi connectivity index (χ1) is 12.9. The molecule has 2 amide bonds. The first-order valence-corrected chi connectivity index (χ1v) is 7.81. The summed E-state index contributed by atoms with van der Waals surface area (Å²) in [7, 11) is 1.43. The van der Waals surface area contributed by atoms with E-state index in [1.54, 1.807) is 12.1 Å². The Kier molecular flexibility index (Phi) is 7.07. The van der Waals surface area contributed by atoms with Crippen molar-refractivity contribution in [3.8, 4) is 5.75 Å². The second-order valence-corrected chi connectivity index (χ2v) is 5.46. The van der Waals surface area contributed by atoms with Crippen molar-refractivity contribution in [3.05, 3.63) is 53.1 Å². The van der Waals surface area contributed by atoms with Crippen molar-refractivity contribution in [1.82, 2.24) is 0 Å². The van der Waals surface area contributed by atoms with Crippen LogP contribution in [0.4, 0.5) is 20.2 Å². The maximum atomic E-state index is 13.0. The number of benzene rings is 2. The standard InChI is InChI=1S/C17H14ClF2N3O4/c1-26-15-5-2-10(18)6-14(15)23-16(24)8-21-27-9-17(25)22-11-3-4-12(19)13(20)7-11/h2-8H,9H2,1H3,(H,22,25)(H,23,24)/b21-8-. The van der Waals surface area contributed by atoms with Crippen LogP contribution < -0.4 is 15.4 Å². The van der Waals surface area contributed by atoms with Crippen LogP contribution in [0.15, 0.2) is 41.6 Å². The highest BCUT2D eigenvalue weighted by Crippen LogP contribution is 2.27. The largest absolute Gasteiger partial charge is 0.495 e. The van der Waals surface area contributed by atoms with Crippen molar-refractivity contribution in [2.75, 3.05) is 24.4 Å². The average molecular weight is 398 g/mol. The molecule has 2 aromatic carbocycles. The van der Waals surface area contributed by atoms with Gasteiger partial charge in [-0.05, 0) is 30.3 Å². The van der Waals surface area contributed by atoms with Gasteiger partial charge in [0, 0.05) is 16.8 Å². The van der Waals surface area contributed by atoms with E-state index in [4.69, 9.17) is 16.3 Å².